The molecular weight excluding hydrogens is 198 g/mol. The summed E-state index contributed by atoms with van der Waals surface area (Å²) < 4.78 is 0. The van der Waals surface area contributed by atoms with Crippen LogP contribution >= 0.6 is 0 Å². The fourth-order valence-corrected chi connectivity index (χ4v) is 2.59. The molecule has 0 aromatic carbocycles. The van der Waals surface area contributed by atoms with Crippen molar-refractivity contribution in [1.82, 2.24) is 4.90 Å². The topological polar surface area (TPSA) is 20.3 Å². The Bertz CT molecular complexity index is 217. The second-order valence-corrected chi connectivity index (χ2v) is 6.00. The van der Waals surface area contributed by atoms with Gasteiger partial charge < -0.3 is 4.90 Å². The highest BCUT2D eigenvalue weighted by Gasteiger charge is 2.22. The fraction of sp³-hybridized carbons (Fsp3) is 0.929. The Balaban J connectivity index is 2.28. The normalized spacial score (nSPS) is 25.8. The Morgan fingerprint density at radius 2 is 1.81 bits per heavy atom. The number of rotatable bonds is 4. The van der Waals surface area contributed by atoms with Crippen LogP contribution in [0.5, 0.6) is 0 Å². The fourth-order valence-electron chi connectivity index (χ4n) is 2.59. The van der Waals surface area contributed by atoms with E-state index < -0.39 is 0 Å². The summed E-state index contributed by atoms with van der Waals surface area (Å²) in [6.45, 7) is 7.53. The molecule has 0 unspecified atom stereocenters. The van der Waals surface area contributed by atoms with Crippen molar-refractivity contribution in [2.75, 3.05) is 13.6 Å². The molecule has 1 aliphatic rings. The maximum absolute atomic E-state index is 12.0. The van der Waals surface area contributed by atoms with Gasteiger partial charge in [-0.15, -0.1) is 0 Å². The Morgan fingerprint density at radius 1 is 1.25 bits per heavy atom. The molecule has 1 fully saturated rings. The summed E-state index contributed by atoms with van der Waals surface area (Å²) in [6.07, 6.45) is 5.90. The second-order valence-electron chi connectivity index (χ2n) is 6.00. The molecule has 1 saturated carbocycles. The van der Waals surface area contributed by atoms with Gasteiger partial charge in [0, 0.05) is 20.0 Å². The first-order valence-electron chi connectivity index (χ1n) is 6.73. The summed E-state index contributed by atoms with van der Waals surface area (Å²) in [4.78, 5) is 13.9. The van der Waals surface area contributed by atoms with E-state index in [-0.39, 0.29) is 0 Å². The summed E-state index contributed by atoms with van der Waals surface area (Å²) in [5.41, 5.74) is 0. The van der Waals surface area contributed by atoms with Crippen LogP contribution in [0.25, 0.3) is 0 Å². The van der Waals surface area contributed by atoms with Crippen molar-refractivity contribution in [1.29, 1.82) is 0 Å². The van der Waals surface area contributed by atoms with Crippen LogP contribution in [-0.4, -0.2) is 24.4 Å². The van der Waals surface area contributed by atoms with Gasteiger partial charge in [0.2, 0.25) is 5.91 Å². The zero-order valence-corrected chi connectivity index (χ0v) is 11.3. The van der Waals surface area contributed by atoms with Crippen LogP contribution < -0.4 is 0 Å². The molecule has 1 amide bonds. The van der Waals surface area contributed by atoms with Crippen molar-refractivity contribution in [3.05, 3.63) is 0 Å². The van der Waals surface area contributed by atoms with Crippen LogP contribution in [0.3, 0.4) is 0 Å². The van der Waals surface area contributed by atoms with Gasteiger partial charge >= 0.3 is 0 Å². The first-order valence-corrected chi connectivity index (χ1v) is 6.73. The van der Waals surface area contributed by atoms with E-state index in [4.69, 9.17) is 0 Å². The molecule has 0 N–H and O–H groups in total. The molecule has 0 aliphatic heterocycles. The standard InChI is InChI=1S/C14H27NO/c1-11(2)10-15(4)14(16)9-13-7-5-12(3)6-8-13/h11-13H,5-10H2,1-4H3. The van der Waals surface area contributed by atoms with Gasteiger partial charge in [-0.25, -0.2) is 0 Å². The van der Waals surface area contributed by atoms with Gasteiger partial charge in [-0.3, -0.25) is 4.79 Å². The molecule has 1 aliphatic carbocycles. The highest BCUT2D eigenvalue weighted by molar-refractivity contribution is 5.76. The highest BCUT2D eigenvalue weighted by atomic mass is 16.2. The lowest BCUT2D eigenvalue weighted by Gasteiger charge is -2.28. The average Bonchev–Trinajstić information content (AvgIpc) is 2.20. The molecule has 0 bridgehead atoms. The Morgan fingerprint density at radius 3 is 2.31 bits per heavy atom. The molecule has 0 aromatic rings. The van der Waals surface area contributed by atoms with Crippen LogP contribution in [0.2, 0.25) is 0 Å². The van der Waals surface area contributed by atoms with Crippen molar-refractivity contribution in [2.24, 2.45) is 17.8 Å². The maximum Gasteiger partial charge on any atom is 0.222 e. The van der Waals surface area contributed by atoms with E-state index >= 15 is 0 Å². The lowest BCUT2D eigenvalue weighted by Crippen LogP contribution is -2.32. The molecule has 1 rings (SSSR count). The van der Waals surface area contributed by atoms with E-state index in [1.807, 2.05) is 11.9 Å². The minimum absolute atomic E-state index is 0.341. The van der Waals surface area contributed by atoms with Gasteiger partial charge in [0.05, 0.1) is 0 Å². The quantitative estimate of drug-likeness (QED) is 0.718. The molecule has 2 heteroatoms. The van der Waals surface area contributed by atoms with Crippen LogP contribution in [0.15, 0.2) is 0 Å². The molecule has 0 heterocycles. The van der Waals surface area contributed by atoms with Crippen molar-refractivity contribution >= 4 is 5.91 Å². The monoisotopic (exact) mass is 225 g/mol. The minimum Gasteiger partial charge on any atom is -0.345 e. The van der Waals surface area contributed by atoms with E-state index in [1.54, 1.807) is 0 Å². The van der Waals surface area contributed by atoms with Gasteiger partial charge in [-0.05, 0) is 30.6 Å². The van der Waals surface area contributed by atoms with E-state index in [2.05, 4.69) is 20.8 Å². The van der Waals surface area contributed by atoms with Crippen LogP contribution in [0.4, 0.5) is 0 Å². The third kappa shape index (κ3) is 4.54. The SMILES string of the molecule is CC(C)CN(C)C(=O)CC1CCC(C)CC1. The van der Waals surface area contributed by atoms with Gasteiger partial charge in [-0.1, -0.05) is 33.6 Å². The summed E-state index contributed by atoms with van der Waals surface area (Å²) >= 11 is 0. The minimum atomic E-state index is 0.341. The Hall–Kier alpha value is -0.530. The lowest BCUT2D eigenvalue weighted by atomic mass is 9.81. The van der Waals surface area contributed by atoms with Crippen molar-refractivity contribution in [3.63, 3.8) is 0 Å². The van der Waals surface area contributed by atoms with E-state index in [0.717, 1.165) is 18.9 Å². The number of nitrogens with zero attached hydrogens (tertiary/aromatic N) is 1. The predicted octanol–water partition coefficient (Wildman–Crippen LogP) is 3.32. The van der Waals surface area contributed by atoms with Gasteiger partial charge in [0.1, 0.15) is 0 Å². The Labute approximate surface area is 100 Å². The first-order chi connectivity index (χ1) is 7.49. The number of carbonyl (C=O) groups is 1. The average molecular weight is 225 g/mol. The lowest BCUT2D eigenvalue weighted by molar-refractivity contribution is -0.131. The van der Waals surface area contributed by atoms with Crippen molar-refractivity contribution in [2.45, 2.75) is 52.9 Å². The van der Waals surface area contributed by atoms with Crippen LogP contribution in [0, 0.1) is 17.8 Å². The molecular formula is C14H27NO. The molecule has 0 aromatic heterocycles. The summed E-state index contributed by atoms with van der Waals surface area (Å²) in [6, 6.07) is 0. The van der Waals surface area contributed by atoms with Gasteiger partial charge in [-0.2, -0.15) is 0 Å². The second kappa shape index (κ2) is 6.27. The predicted molar refractivity (Wildman–Crippen MR) is 68.2 cm³/mol. The van der Waals surface area contributed by atoms with Gasteiger partial charge in [0.25, 0.3) is 0 Å². The van der Waals surface area contributed by atoms with Crippen LogP contribution in [-0.2, 0) is 4.79 Å². The van der Waals surface area contributed by atoms with Crippen molar-refractivity contribution < 1.29 is 4.79 Å². The largest absolute Gasteiger partial charge is 0.345 e. The van der Waals surface area contributed by atoms with E-state index in [1.165, 1.54) is 25.7 Å². The molecule has 0 radical (unpaired) electrons. The number of amides is 1. The zero-order valence-electron chi connectivity index (χ0n) is 11.3. The molecule has 16 heavy (non-hydrogen) atoms. The molecule has 0 spiro atoms. The third-order valence-corrected chi connectivity index (χ3v) is 3.66. The van der Waals surface area contributed by atoms with Gasteiger partial charge in [0.15, 0.2) is 0 Å². The first kappa shape index (κ1) is 13.5. The summed E-state index contributed by atoms with van der Waals surface area (Å²) in [7, 11) is 1.94. The Kier molecular flexibility index (Phi) is 5.30. The highest BCUT2D eigenvalue weighted by Crippen LogP contribution is 2.30. The summed E-state index contributed by atoms with van der Waals surface area (Å²) in [5.74, 6) is 2.44. The zero-order chi connectivity index (χ0) is 12.1. The number of hydrogen-bond donors (Lipinski definition) is 0. The molecule has 94 valence electrons. The maximum atomic E-state index is 12.0. The molecule has 0 saturated heterocycles. The number of hydrogen-bond acceptors (Lipinski definition) is 1. The van der Waals surface area contributed by atoms with E-state index in [9.17, 15) is 4.79 Å². The van der Waals surface area contributed by atoms with Crippen LogP contribution in [0.1, 0.15) is 52.9 Å². The third-order valence-electron chi connectivity index (χ3n) is 3.66. The number of carbonyl (C=O) groups excluding carboxylic acids is 1. The molecule has 2 nitrogen and oxygen atoms in total. The summed E-state index contributed by atoms with van der Waals surface area (Å²) in [5, 5.41) is 0. The van der Waals surface area contributed by atoms with Crippen molar-refractivity contribution in [3.8, 4) is 0 Å². The molecule has 0 atom stereocenters. The smallest absolute Gasteiger partial charge is 0.222 e. The van der Waals surface area contributed by atoms with E-state index in [0.29, 0.717) is 17.7 Å².